The molecule has 16 heavy (non-hydrogen) atoms. The summed E-state index contributed by atoms with van der Waals surface area (Å²) < 4.78 is 5.70. The van der Waals surface area contributed by atoms with Crippen LogP contribution in [0.1, 0.15) is 19.8 Å². The Morgan fingerprint density at radius 3 is 2.88 bits per heavy atom. The molecule has 0 aromatic carbocycles. The highest BCUT2D eigenvalue weighted by Crippen LogP contribution is 2.22. The van der Waals surface area contributed by atoms with Crippen molar-refractivity contribution >= 4 is 12.4 Å². The van der Waals surface area contributed by atoms with Gasteiger partial charge < -0.3 is 4.74 Å². The quantitative estimate of drug-likeness (QED) is 0.814. The minimum absolute atomic E-state index is 0. The Hall–Kier alpha value is -0.800. The highest BCUT2D eigenvalue weighted by atomic mass is 35.5. The summed E-state index contributed by atoms with van der Waals surface area (Å²) in [6, 6.07) is 5.09. The van der Waals surface area contributed by atoms with Crippen LogP contribution in [0.2, 0.25) is 0 Å². The first kappa shape index (κ1) is 13.3. The fourth-order valence-corrected chi connectivity index (χ4v) is 2.03. The minimum atomic E-state index is 0. The zero-order valence-corrected chi connectivity index (χ0v) is 10.6. The molecule has 1 aliphatic heterocycles. The van der Waals surface area contributed by atoms with E-state index in [4.69, 9.17) is 4.74 Å². The van der Waals surface area contributed by atoms with Gasteiger partial charge in [0, 0.05) is 18.3 Å². The van der Waals surface area contributed by atoms with E-state index >= 15 is 0 Å². The van der Waals surface area contributed by atoms with Gasteiger partial charge in [0.15, 0.2) is 0 Å². The van der Waals surface area contributed by atoms with Gasteiger partial charge in [0.1, 0.15) is 12.4 Å². The lowest BCUT2D eigenvalue weighted by atomic mass is 10.2. The molecule has 2 heterocycles. The molecule has 90 valence electrons. The summed E-state index contributed by atoms with van der Waals surface area (Å²) >= 11 is 0. The van der Waals surface area contributed by atoms with E-state index in [0.717, 1.165) is 12.4 Å². The lowest BCUT2D eigenvalue weighted by Gasteiger charge is -2.23. The molecule has 1 saturated heterocycles. The second-order valence-electron chi connectivity index (χ2n) is 4.25. The van der Waals surface area contributed by atoms with Crippen LogP contribution in [0.3, 0.4) is 0 Å². The van der Waals surface area contributed by atoms with Crippen molar-refractivity contribution in [1.82, 2.24) is 9.88 Å². The maximum Gasteiger partial charge on any atom is 0.137 e. The third-order valence-corrected chi connectivity index (χ3v) is 3.27. The first-order valence-electron chi connectivity index (χ1n) is 5.52. The highest BCUT2D eigenvalue weighted by molar-refractivity contribution is 5.85. The number of hydrogen-bond acceptors (Lipinski definition) is 3. The lowest BCUT2D eigenvalue weighted by molar-refractivity contribution is 0.174. The second-order valence-corrected chi connectivity index (χ2v) is 4.25. The molecule has 0 N–H and O–H groups in total. The molecule has 1 fully saturated rings. The molecule has 2 rings (SSSR count). The van der Waals surface area contributed by atoms with Gasteiger partial charge in [-0.25, -0.2) is 0 Å². The van der Waals surface area contributed by atoms with Crippen LogP contribution in [-0.2, 0) is 0 Å². The summed E-state index contributed by atoms with van der Waals surface area (Å²) in [5.74, 6) is 0.866. The van der Waals surface area contributed by atoms with E-state index in [1.165, 1.54) is 12.8 Å². The van der Waals surface area contributed by atoms with E-state index in [1.807, 2.05) is 12.1 Å². The van der Waals surface area contributed by atoms with Crippen molar-refractivity contribution in [2.45, 2.75) is 31.8 Å². The van der Waals surface area contributed by atoms with E-state index in [9.17, 15) is 0 Å². The summed E-state index contributed by atoms with van der Waals surface area (Å²) in [4.78, 5) is 6.42. The van der Waals surface area contributed by atoms with Crippen molar-refractivity contribution in [3.8, 4) is 5.75 Å². The summed E-state index contributed by atoms with van der Waals surface area (Å²) in [6.45, 7) is 3.04. The molecule has 0 saturated carbocycles. The molecule has 0 amide bonds. The van der Waals surface area contributed by atoms with Gasteiger partial charge in [-0.2, -0.15) is 0 Å². The molecule has 0 spiro atoms. The molecular formula is C12H19ClN2O. The number of halogens is 1. The van der Waals surface area contributed by atoms with Crippen molar-refractivity contribution in [1.29, 1.82) is 0 Å². The third kappa shape index (κ3) is 3.09. The number of rotatable bonds is 3. The van der Waals surface area contributed by atoms with Crippen molar-refractivity contribution in [3.05, 3.63) is 24.5 Å². The summed E-state index contributed by atoms with van der Waals surface area (Å²) in [6.07, 6.45) is 6.03. The molecule has 1 aromatic rings. The Bertz CT molecular complexity index is 307. The van der Waals surface area contributed by atoms with Crippen molar-refractivity contribution in [2.75, 3.05) is 13.7 Å². The topological polar surface area (TPSA) is 25.4 Å². The van der Waals surface area contributed by atoms with Gasteiger partial charge in [-0.3, -0.25) is 9.88 Å². The Labute approximate surface area is 103 Å². The largest absolute Gasteiger partial charge is 0.490 e. The second kappa shape index (κ2) is 6.06. The molecule has 0 radical (unpaired) electrons. The zero-order chi connectivity index (χ0) is 10.7. The minimum Gasteiger partial charge on any atom is -0.490 e. The molecule has 1 aliphatic rings. The number of aromatic nitrogens is 1. The van der Waals surface area contributed by atoms with Gasteiger partial charge in [0.25, 0.3) is 0 Å². The maximum absolute atomic E-state index is 5.70. The SMILES string of the molecule is CC1CCC(COc2cccnc2)N1C.Cl. The number of ether oxygens (including phenoxy) is 1. The summed E-state index contributed by atoms with van der Waals surface area (Å²) in [5.41, 5.74) is 0. The van der Waals surface area contributed by atoms with Gasteiger partial charge in [0.2, 0.25) is 0 Å². The molecule has 3 nitrogen and oxygen atoms in total. The average Bonchev–Trinajstić information content (AvgIpc) is 2.59. The lowest BCUT2D eigenvalue weighted by Crippen LogP contribution is -2.34. The molecule has 0 bridgehead atoms. The van der Waals surface area contributed by atoms with Gasteiger partial charge >= 0.3 is 0 Å². The Morgan fingerprint density at radius 2 is 2.31 bits per heavy atom. The van der Waals surface area contributed by atoms with E-state index in [1.54, 1.807) is 12.4 Å². The van der Waals surface area contributed by atoms with Crippen LogP contribution in [0.15, 0.2) is 24.5 Å². The first-order valence-corrected chi connectivity index (χ1v) is 5.52. The molecular weight excluding hydrogens is 224 g/mol. The van der Waals surface area contributed by atoms with E-state index < -0.39 is 0 Å². The fraction of sp³-hybridized carbons (Fsp3) is 0.583. The predicted molar refractivity (Wildman–Crippen MR) is 67.2 cm³/mol. The van der Waals surface area contributed by atoms with Crippen LogP contribution < -0.4 is 4.74 Å². The van der Waals surface area contributed by atoms with Crippen LogP contribution >= 0.6 is 12.4 Å². The molecule has 2 atom stereocenters. The van der Waals surface area contributed by atoms with Gasteiger partial charge in [-0.1, -0.05) is 0 Å². The Kier molecular flexibility index (Phi) is 5.03. The standard InChI is InChI=1S/C12H18N2O.ClH/c1-10-5-6-11(14(10)2)9-15-12-4-3-7-13-8-12;/h3-4,7-8,10-11H,5-6,9H2,1-2H3;1H. The maximum atomic E-state index is 5.70. The van der Waals surface area contributed by atoms with Crippen molar-refractivity contribution in [2.24, 2.45) is 0 Å². The van der Waals surface area contributed by atoms with Gasteiger partial charge in [-0.15, -0.1) is 12.4 Å². The smallest absolute Gasteiger partial charge is 0.137 e. The first-order chi connectivity index (χ1) is 7.27. The number of likely N-dealkylation sites (N-methyl/N-ethyl adjacent to an activating group) is 1. The van der Waals surface area contributed by atoms with Crippen LogP contribution in [0.25, 0.3) is 0 Å². The normalized spacial score (nSPS) is 25.1. The third-order valence-electron chi connectivity index (χ3n) is 3.27. The molecule has 1 aromatic heterocycles. The predicted octanol–water partition coefficient (Wildman–Crippen LogP) is 2.36. The number of nitrogens with zero attached hydrogens (tertiary/aromatic N) is 2. The van der Waals surface area contributed by atoms with Crippen LogP contribution in [0.5, 0.6) is 5.75 Å². The summed E-state index contributed by atoms with van der Waals surface area (Å²) in [5, 5.41) is 0. The van der Waals surface area contributed by atoms with Crippen LogP contribution in [0.4, 0.5) is 0 Å². The van der Waals surface area contributed by atoms with Gasteiger partial charge in [0.05, 0.1) is 6.20 Å². The molecule has 2 unspecified atom stereocenters. The molecule has 0 aliphatic carbocycles. The molecule has 4 heteroatoms. The summed E-state index contributed by atoms with van der Waals surface area (Å²) in [7, 11) is 2.18. The highest BCUT2D eigenvalue weighted by Gasteiger charge is 2.27. The fourth-order valence-electron chi connectivity index (χ4n) is 2.03. The van der Waals surface area contributed by atoms with Gasteiger partial charge in [-0.05, 0) is 38.9 Å². The van der Waals surface area contributed by atoms with E-state index in [-0.39, 0.29) is 12.4 Å². The van der Waals surface area contributed by atoms with Crippen molar-refractivity contribution in [3.63, 3.8) is 0 Å². The van der Waals surface area contributed by atoms with E-state index in [0.29, 0.717) is 12.1 Å². The Balaban J connectivity index is 0.00000128. The number of likely N-dealkylation sites (tertiary alicyclic amines) is 1. The number of hydrogen-bond donors (Lipinski definition) is 0. The van der Waals surface area contributed by atoms with Crippen LogP contribution in [0, 0.1) is 0 Å². The zero-order valence-electron chi connectivity index (χ0n) is 9.80. The number of pyridine rings is 1. The van der Waals surface area contributed by atoms with E-state index in [2.05, 4.69) is 23.9 Å². The average molecular weight is 243 g/mol. The monoisotopic (exact) mass is 242 g/mol. The van der Waals surface area contributed by atoms with Crippen molar-refractivity contribution < 1.29 is 4.74 Å². The van der Waals surface area contributed by atoms with Crippen LogP contribution in [-0.4, -0.2) is 35.6 Å². The Morgan fingerprint density at radius 1 is 1.50 bits per heavy atom.